The molecule has 0 aliphatic carbocycles. The third-order valence-corrected chi connectivity index (χ3v) is 4.28. The van der Waals surface area contributed by atoms with Crippen molar-refractivity contribution in [3.63, 3.8) is 0 Å². The summed E-state index contributed by atoms with van der Waals surface area (Å²) < 4.78 is 59.3. The average Bonchev–Trinajstić information content (AvgIpc) is 3.05. The van der Waals surface area contributed by atoms with Crippen molar-refractivity contribution in [3.8, 4) is 0 Å². The number of halogens is 5. The maximum atomic E-state index is 14.6. The van der Waals surface area contributed by atoms with E-state index in [2.05, 4.69) is 5.32 Å². The molecule has 130 valence electrons. The number of alkyl halides is 3. The molecule has 0 saturated carbocycles. The largest absolute Gasteiger partial charge is 0.467 e. The van der Waals surface area contributed by atoms with Crippen LogP contribution in [0.3, 0.4) is 0 Å². The number of piperazine rings is 1. The summed E-state index contributed by atoms with van der Waals surface area (Å²) in [5.74, 6) is -0.476. The van der Waals surface area contributed by atoms with Gasteiger partial charge in [0, 0.05) is 31.7 Å². The lowest BCUT2D eigenvalue weighted by Crippen LogP contribution is -2.45. The lowest BCUT2D eigenvalue weighted by molar-refractivity contribution is -0.137. The maximum Gasteiger partial charge on any atom is 0.416 e. The molecule has 1 aromatic heterocycles. The van der Waals surface area contributed by atoms with Crippen LogP contribution in [0.25, 0.3) is 0 Å². The van der Waals surface area contributed by atoms with Crippen molar-refractivity contribution in [3.05, 3.63) is 58.3 Å². The molecule has 1 aromatic carbocycles. The summed E-state index contributed by atoms with van der Waals surface area (Å²) in [7, 11) is 0. The molecule has 24 heavy (non-hydrogen) atoms. The van der Waals surface area contributed by atoms with Crippen molar-refractivity contribution >= 4 is 11.6 Å². The minimum Gasteiger partial charge on any atom is -0.467 e. The smallest absolute Gasteiger partial charge is 0.416 e. The van der Waals surface area contributed by atoms with Crippen LogP contribution in [-0.2, 0) is 6.18 Å². The zero-order valence-electron chi connectivity index (χ0n) is 12.5. The summed E-state index contributed by atoms with van der Waals surface area (Å²) in [4.78, 5) is 1.88. The van der Waals surface area contributed by atoms with Gasteiger partial charge in [0.1, 0.15) is 11.6 Å². The molecule has 0 radical (unpaired) electrons. The number of nitrogens with one attached hydrogen (secondary N) is 1. The predicted molar refractivity (Wildman–Crippen MR) is 81.4 cm³/mol. The van der Waals surface area contributed by atoms with Crippen molar-refractivity contribution in [2.24, 2.45) is 0 Å². The molecule has 2 aromatic rings. The van der Waals surface area contributed by atoms with Crippen LogP contribution in [0.2, 0.25) is 5.02 Å². The summed E-state index contributed by atoms with van der Waals surface area (Å²) in [6, 6.07) is 3.91. The first-order valence-electron chi connectivity index (χ1n) is 7.42. The lowest BCUT2D eigenvalue weighted by atomic mass is 9.98. The fourth-order valence-electron chi connectivity index (χ4n) is 2.89. The molecule has 2 heterocycles. The van der Waals surface area contributed by atoms with E-state index >= 15 is 0 Å². The molecule has 0 unspecified atom stereocenters. The second kappa shape index (κ2) is 6.74. The zero-order chi connectivity index (χ0) is 17.3. The van der Waals surface area contributed by atoms with Gasteiger partial charge in [-0.3, -0.25) is 4.90 Å². The first kappa shape index (κ1) is 17.3. The zero-order valence-corrected chi connectivity index (χ0v) is 13.3. The average molecular weight is 363 g/mol. The van der Waals surface area contributed by atoms with E-state index in [1.807, 2.05) is 4.90 Å². The first-order chi connectivity index (χ1) is 11.4. The molecule has 0 bridgehead atoms. The van der Waals surface area contributed by atoms with Gasteiger partial charge in [0.15, 0.2) is 0 Å². The van der Waals surface area contributed by atoms with Gasteiger partial charge >= 0.3 is 6.18 Å². The van der Waals surface area contributed by atoms with Crippen LogP contribution in [-0.4, -0.2) is 31.1 Å². The molecule has 3 nitrogen and oxygen atoms in total. The molecule has 1 atom stereocenters. The molecule has 1 aliphatic rings. The van der Waals surface area contributed by atoms with Gasteiger partial charge in [-0.05, 0) is 24.3 Å². The molecule has 1 aliphatic heterocycles. The van der Waals surface area contributed by atoms with E-state index < -0.39 is 28.6 Å². The fraction of sp³-hybridized carbons (Fsp3) is 0.375. The quantitative estimate of drug-likeness (QED) is 0.834. The molecular weight excluding hydrogens is 348 g/mol. The fourth-order valence-corrected chi connectivity index (χ4v) is 3.12. The normalized spacial score (nSPS) is 17.9. The number of hydrogen-bond acceptors (Lipinski definition) is 3. The molecule has 1 N–H and O–H groups in total. The SMILES string of the molecule is Fc1c(Cl)cc(C(F)(F)F)cc1[C@@H](c1ccco1)N1CCNCC1. The lowest BCUT2D eigenvalue weighted by Gasteiger charge is -2.34. The number of furan rings is 1. The highest BCUT2D eigenvalue weighted by atomic mass is 35.5. The van der Waals surface area contributed by atoms with Gasteiger partial charge in [0.05, 0.1) is 22.9 Å². The Labute approximate surface area is 141 Å². The molecular formula is C16H15ClF4N2O. The van der Waals surface area contributed by atoms with Gasteiger partial charge in [-0.15, -0.1) is 0 Å². The minimum atomic E-state index is -4.61. The topological polar surface area (TPSA) is 28.4 Å². The standard InChI is InChI=1S/C16H15ClF4N2O/c17-12-9-10(16(19,20)21)8-11(14(12)18)15(13-2-1-7-24-13)23-5-3-22-4-6-23/h1-2,7-9,15,22H,3-6H2/t15-/m0/s1. The highest BCUT2D eigenvalue weighted by Crippen LogP contribution is 2.38. The van der Waals surface area contributed by atoms with Crippen molar-refractivity contribution in [2.75, 3.05) is 26.2 Å². The van der Waals surface area contributed by atoms with E-state index in [9.17, 15) is 17.6 Å². The van der Waals surface area contributed by atoms with Gasteiger partial charge in [0.2, 0.25) is 0 Å². The molecule has 1 fully saturated rings. The molecule has 1 saturated heterocycles. The Morgan fingerprint density at radius 1 is 1.21 bits per heavy atom. The third kappa shape index (κ3) is 3.43. The summed E-state index contributed by atoms with van der Waals surface area (Å²) in [6.45, 7) is 2.42. The van der Waals surface area contributed by atoms with Crippen molar-refractivity contribution in [1.29, 1.82) is 0 Å². The van der Waals surface area contributed by atoms with Crippen molar-refractivity contribution < 1.29 is 22.0 Å². The van der Waals surface area contributed by atoms with Crippen LogP contribution in [0, 0.1) is 5.82 Å². The first-order valence-corrected chi connectivity index (χ1v) is 7.80. The van der Waals surface area contributed by atoms with E-state index in [4.69, 9.17) is 16.0 Å². The third-order valence-electron chi connectivity index (χ3n) is 4.01. The van der Waals surface area contributed by atoms with Crippen LogP contribution in [0.1, 0.15) is 22.9 Å². The number of hydrogen-bond donors (Lipinski definition) is 1. The van der Waals surface area contributed by atoms with Crippen LogP contribution in [0.4, 0.5) is 17.6 Å². The van der Waals surface area contributed by atoms with Gasteiger partial charge in [-0.25, -0.2) is 4.39 Å². The highest BCUT2D eigenvalue weighted by Gasteiger charge is 2.35. The van der Waals surface area contributed by atoms with Crippen LogP contribution in [0.15, 0.2) is 34.9 Å². The van der Waals surface area contributed by atoms with Crippen LogP contribution < -0.4 is 5.32 Å². The number of rotatable bonds is 3. The van der Waals surface area contributed by atoms with E-state index in [0.29, 0.717) is 38.0 Å². The molecule has 3 rings (SSSR count). The van der Waals surface area contributed by atoms with E-state index in [0.717, 1.165) is 6.07 Å². The summed E-state index contributed by atoms with van der Waals surface area (Å²) in [5.41, 5.74) is -1.11. The Balaban J connectivity index is 2.12. The summed E-state index contributed by atoms with van der Waals surface area (Å²) in [6.07, 6.45) is -3.19. The molecule has 0 amide bonds. The Morgan fingerprint density at radius 3 is 2.50 bits per heavy atom. The van der Waals surface area contributed by atoms with E-state index in [1.54, 1.807) is 12.1 Å². The van der Waals surface area contributed by atoms with Gasteiger partial charge in [-0.2, -0.15) is 13.2 Å². The van der Waals surface area contributed by atoms with Gasteiger partial charge < -0.3 is 9.73 Å². The Bertz CT molecular complexity index is 697. The maximum absolute atomic E-state index is 14.6. The van der Waals surface area contributed by atoms with Crippen LogP contribution >= 0.6 is 11.6 Å². The van der Waals surface area contributed by atoms with Gasteiger partial charge in [0.25, 0.3) is 0 Å². The Morgan fingerprint density at radius 2 is 1.92 bits per heavy atom. The van der Waals surface area contributed by atoms with Crippen LogP contribution in [0.5, 0.6) is 0 Å². The summed E-state index contributed by atoms with van der Waals surface area (Å²) in [5, 5.41) is 2.61. The monoisotopic (exact) mass is 362 g/mol. The van der Waals surface area contributed by atoms with Crippen molar-refractivity contribution in [2.45, 2.75) is 12.2 Å². The number of benzene rings is 1. The second-order valence-electron chi connectivity index (χ2n) is 5.56. The Hall–Kier alpha value is -1.57. The highest BCUT2D eigenvalue weighted by molar-refractivity contribution is 6.30. The Kier molecular flexibility index (Phi) is 4.85. The van der Waals surface area contributed by atoms with E-state index in [-0.39, 0.29) is 5.56 Å². The molecule has 8 heteroatoms. The minimum absolute atomic E-state index is 0.133. The predicted octanol–water partition coefficient (Wildman–Crippen LogP) is 4.09. The van der Waals surface area contributed by atoms with Crippen molar-refractivity contribution in [1.82, 2.24) is 10.2 Å². The second-order valence-corrected chi connectivity index (χ2v) is 5.97. The summed E-state index contributed by atoms with van der Waals surface area (Å²) >= 11 is 5.73. The number of nitrogens with zero attached hydrogens (tertiary/aromatic N) is 1. The van der Waals surface area contributed by atoms with Gasteiger partial charge in [-0.1, -0.05) is 11.6 Å². The van der Waals surface area contributed by atoms with E-state index in [1.165, 1.54) is 6.26 Å². The molecule has 0 spiro atoms.